The number of rotatable bonds is 9. The lowest BCUT2D eigenvalue weighted by Gasteiger charge is -2.37. The summed E-state index contributed by atoms with van der Waals surface area (Å²) in [5.41, 5.74) is 0. The number of carbonyl (C=O) groups excluding carboxylic acids is 1. The Balaban J connectivity index is 6.14. The van der Waals surface area contributed by atoms with Gasteiger partial charge in [-0.25, -0.2) is 14.3 Å². The first-order valence-electron chi connectivity index (χ1n) is 6.35. The van der Waals surface area contributed by atoms with E-state index in [2.05, 4.69) is 4.74 Å². The fourth-order valence-electron chi connectivity index (χ4n) is 1.16. The fourth-order valence-corrected chi connectivity index (χ4v) is 1.16. The van der Waals surface area contributed by atoms with E-state index in [1.54, 1.807) is 0 Å². The number of halogens is 17. The second-order valence-corrected chi connectivity index (χ2v) is 4.98. The van der Waals surface area contributed by atoms with Gasteiger partial charge in [0.05, 0.1) is 7.11 Å². The molecule has 0 N–H and O–H groups in total. The van der Waals surface area contributed by atoms with Gasteiger partial charge in [0.2, 0.25) is 0 Å². The van der Waals surface area contributed by atoms with Crippen LogP contribution in [0.1, 0.15) is 0 Å². The van der Waals surface area contributed by atoms with E-state index in [1.165, 1.54) is 9.47 Å². The van der Waals surface area contributed by atoms with E-state index in [0.29, 0.717) is 0 Å². The minimum absolute atomic E-state index is 0.0933. The van der Waals surface area contributed by atoms with E-state index in [-0.39, 0.29) is 7.11 Å². The summed E-state index contributed by atoms with van der Waals surface area (Å²) in [5.74, 6) is -25.9. The lowest BCUT2D eigenvalue weighted by atomic mass is 10.2. The van der Waals surface area contributed by atoms with Crippen LogP contribution >= 0.6 is 0 Å². The van der Waals surface area contributed by atoms with Gasteiger partial charge in [0, 0.05) is 0 Å². The molecule has 0 aliphatic rings. The van der Waals surface area contributed by atoms with Gasteiger partial charge in [-0.3, -0.25) is 0 Å². The van der Waals surface area contributed by atoms with E-state index in [4.69, 9.17) is 0 Å². The van der Waals surface area contributed by atoms with Crippen molar-refractivity contribution in [3.63, 3.8) is 0 Å². The molecule has 0 aliphatic carbocycles. The van der Waals surface area contributed by atoms with Crippen molar-refractivity contribution in [3.8, 4) is 0 Å². The summed E-state index contributed by atoms with van der Waals surface area (Å²) in [6, 6.07) is 0. The molecule has 0 saturated carbocycles. The average Bonchev–Trinajstić information content (AvgIpc) is 2.50. The Bertz CT molecular complexity index is 666. The number of hydrogen-bond acceptors (Lipinski definition) is 4. The molecule has 0 saturated heterocycles. The second-order valence-electron chi connectivity index (χ2n) is 4.98. The van der Waals surface area contributed by atoms with Gasteiger partial charge in [-0.05, 0) is 0 Å². The molecule has 0 aromatic heterocycles. The van der Waals surface area contributed by atoms with Crippen molar-refractivity contribution >= 4 is 5.97 Å². The number of alkyl halides is 17. The van der Waals surface area contributed by atoms with Crippen LogP contribution in [0.3, 0.4) is 0 Å². The highest BCUT2D eigenvalue weighted by Crippen LogP contribution is 2.55. The minimum atomic E-state index is -8.05. The lowest BCUT2D eigenvalue weighted by molar-refractivity contribution is -0.540. The highest BCUT2D eigenvalue weighted by Gasteiger charge is 2.84. The van der Waals surface area contributed by atoms with Crippen LogP contribution in [0.2, 0.25) is 0 Å². The average molecular weight is 510 g/mol. The molecule has 21 heteroatoms. The van der Waals surface area contributed by atoms with Crippen LogP contribution in [0.4, 0.5) is 74.6 Å². The van der Waals surface area contributed by atoms with Crippen LogP contribution in [0.15, 0.2) is 0 Å². The van der Waals surface area contributed by atoms with Gasteiger partial charge in [-0.1, -0.05) is 0 Å². The molecular formula is C10H3F17O4. The molecule has 0 amide bonds. The Morgan fingerprint density at radius 2 is 0.806 bits per heavy atom. The van der Waals surface area contributed by atoms with Crippen molar-refractivity contribution in [2.45, 2.75) is 48.4 Å². The van der Waals surface area contributed by atoms with E-state index in [0.717, 1.165) is 0 Å². The maximum atomic E-state index is 13.1. The van der Waals surface area contributed by atoms with Crippen LogP contribution in [0.25, 0.3) is 0 Å². The Kier molecular flexibility index (Phi) is 7.21. The third-order valence-electron chi connectivity index (χ3n) is 2.77. The zero-order valence-electron chi connectivity index (χ0n) is 13.6. The normalized spacial score (nSPS) is 15.8. The highest BCUT2D eigenvalue weighted by atomic mass is 19.4. The van der Waals surface area contributed by atoms with Crippen molar-refractivity contribution in [1.82, 2.24) is 0 Å². The third-order valence-corrected chi connectivity index (χ3v) is 2.77. The van der Waals surface area contributed by atoms with E-state index >= 15 is 0 Å². The minimum Gasteiger partial charge on any atom is -0.464 e. The number of carbonyl (C=O) groups is 1. The summed E-state index contributed by atoms with van der Waals surface area (Å²) >= 11 is 0. The lowest BCUT2D eigenvalue weighted by Crippen LogP contribution is -2.64. The number of methoxy groups -OCH3 is 1. The summed E-state index contributed by atoms with van der Waals surface area (Å²) in [7, 11) is -0.0933. The van der Waals surface area contributed by atoms with Crippen LogP contribution in [0, 0.1) is 0 Å². The molecule has 0 unspecified atom stereocenters. The first-order chi connectivity index (χ1) is 13.1. The molecule has 0 aromatic rings. The van der Waals surface area contributed by atoms with Gasteiger partial charge < -0.3 is 4.74 Å². The summed E-state index contributed by atoms with van der Waals surface area (Å²) in [6.07, 6.45) is -38.1. The van der Waals surface area contributed by atoms with Gasteiger partial charge in [-0.2, -0.15) is 74.6 Å². The zero-order valence-corrected chi connectivity index (χ0v) is 13.6. The Morgan fingerprint density at radius 1 is 0.516 bits per heavy atom. The molecule has 0 bridgehead atoms. The van der Waals surface area contributed by atoms with E-state index in [1.807, 2.05) is 0 Å². The molecule has 0 fully saturated rings. The Hall–Kier alpha value is -1.80. The molecule has 186 valence electrons. The summed E-state index contributed by atoms with van der Waals surface area (Å²) in [5, 5.41) is 0. The van der Waals surface area contributed by atoms with Crippen LogP contribution in [-0.4, -0.2) is 61.5 Å². The molecule has 31 heavy (non-hydrogen) atoms. The van der Waals surface area contributed by atoms with Gasteiger partial charge in [0.25, 0.3) is 0 Å². The molecule has 0 rings (SSSR count). The monoisotopic (exact) mass is 510 g/mol. The Labute approximate surface area is 156 Å². The summed E-state index contributed by atoms with van der Waals surface area (Å²) in [4.78, 5) is 10.4. The first kappa shape index (κ1) is 29.2. The Morgan fingerprint density at radius 3 is 1.10 bits per heavy atom. The molecule has 0 aromatic carbocycles. The summed E-state index contributed by atoms with van der Waals surface area (Å²) in [6.45, 7) is 0. The third kappa shape index (κ3) is 4.85. The quantitative estimate of drug-likeness (QED) is 0.323. The van der Waals surface area contributed by atoms with Gasteiger partial charge in [-0.15, -0.1) is 0 Å². The van der Waals surface area contributed by atoms with E-state index in [9.17, 15) is 79.4 Å². The fraction of sp³-hybridized carbons (Fsp3) is 0.900. The number of esters is 1. The molecular weight excluding hydrogens is 507 g/mol. The molecule has 4 nitrogen and oxygen atoms in total. The predicted octanol–water partition coefficient (Wildman–Crippen LogP) is 5.03. The van der Waals surface area contributed by atoms with Gasteiger partial charge >= 0.3 is 54.3 Å². The topological polar surface area (TPSA) is 44.8 Å². The maximum absolute atomic E-state index is 13.1. The van der Waals surface area contributed by atoms with E-state index < -0.39 is 54.3 Å². The van der Waals surface area contributed by atoms with Gasteiger partial charge in [0.1, 0.15) is 0 Å². The molecule has 0 aliphatic heterocycles. The number of hydrogen-bond donors (Lipinski definition) is 0. The highest BCUT2D eigenvalue weighted by molar-refractivity contribution is 5.78. The van der Waals surface area contributed by atoms with Crippen molar-refractivity contribution in [3.05, 3.63) is 0 Å². The van der Waals surface area contributed by atoms with Crippen molar-refractivity contribution in [2.75, 3.05) is 7.11 Å². The van der Waals surface area contributed by atoms with Crippen molar-refractivity contribution < 1.29 is 93.6 Å². The largest absolute Gasteiger partial charge is 0.464 e. The van der Waals surface area contributed by atoms with Crippen molar-refractivity contribution in [2.24, 2.45) is 0 Å². The molecule has 0 radical (unpaired) electrons. The van der Waals surface area contributed by atoms with Crippen LogP contribution in [0.5, 0.6) is 0 Å². The molecule has 0 spiro atoms. The number of ether oxygens (including phenoxy) is 3. The van der Waals surface area contributed by atoms with Crippen LogP contribution in [-0.2, 0) is 19.0 Å². The standard InChI is InChI=1S/C10H3F17O4/c1-29-2(28)3(11,12)7(20,21)30-9(24,25)5(15,16)10(26,27)31-8(22,23)4(13,14)6(17,18)19/h1H3. The summed E-state index contributed by atoms with van der Waals surface area (Å²) < 4.78 is 221. The van der Waals surface area contributed by atoms with Crippen molar-refractivity contribution in [1.29, 1.82) is 0 Å². The SMILES string of the molecule is COC(=O)C(F)(F)C(F)(F)OC(F)(F)C(F)(F)C(F)(F)OC(F)(F)C(F)(F)C(F)(F)F. The van der Waals surface area contributed by atoms with Crippen LogP contribution < -0.4 is 0 Å². The first-order valence-corrected chi connectivity index (χ1v) is 6.35. The zero-order chi connectivity index (χ0) is 25.7. The van der Waals surface area contributed by atoms with Gasteiger partial charge in [0.15, 0.2) is 0 Å². The smallest absolute Gasteiger partial charge is 0.462 e. The maximum Gasteiger partial charge on any atom is 0.462 e. The molecule has 0 atom stereocenters. The predicted molar refractivity (Wildman–Crippen MR) is 54.9 cm³/mol. The molecule has 0 heterocycles. The second kappa shape index (κ2) is 7.66.